The fourth-order valence-corrected chi connectivity index (χ4v) is 2.93. The molecule has 2 aromatic heterocycles. The summed E-state index contributed by atoms with van der Waals surface area (Å²) in [4.78, 5) is 12.6. The minimum Gasteiger partial charge on any atom is -0.496 e. The summed E-state index contributed by atoms with van der Waals surface area (Å²) in [5.74, 6) is 1.26. The average molecular weight is 342 g/mol. The molecular weight excluding hydrogens is 320 g/mol. The lowest BCUT2D eigenvalue weighted by Gasteiger charge is -2.09. The minimum absolute atomic E-state index is 0.147. The van der Waals surface area contributed by atoms with Gasteiger partial charge in [0.2, 0.25) is 0 Å². The number of benzene rings is 1. The third-order valence-corrected chi connectivity index (χ3v) is 4.19. The first-order chi connectivity index (χ1) is 12.0. The number of carbonyl (C=O) groups is 1. The molecule has 0 radical (unpaired) electrons. The summed E-state index contributed by atoms with van der Waals surface area (Å²) in [6.45, 7) is 3.05. The highest BCUT2D eigenvalue weighted by atomic mass is 16.5. The van der Waals surface area contributed by atoms with Gasteiger partial charge in [0.15, 0.2) is 0 Å². The number of hydrogen-bond acceptors (Lipinski definition) is 4. The molecule has 25 heavy (non-hydrogen) atoms. The second-order valence-corrected chi connectivity index (χ2v) is 5.80. The fourth-order valence-electron chi connectivity index (χ4n) is 2.93. The van der Waals surface area contributed by atoms with Crippen LogP contribution in [0.1, 0.15) is 16.2 Å². The molecule has 0 bridgehead atoms. The van der Waals surface area contributed by atoms with Crippen molar-refractivity contribution >= 4 is 16.8 Å². The molecule has 1 N–H and O–H groups in total. The number of nitrogens with one attached hydrogen (secondary N) is 1. The summed E-state index contributed by atoms with van der Waals surface area (Å²) < 4.78 is 14.5. The molecule has 0 fully saturated rings. The van der Waals surface area contributed by atoms with Crippen LogP contribution in [0.2, 0.25) is 0 Å². The third kappa shape index (κ3) is 3.17. The van der Waals surface area contributed by atoms with E-state index in [1.54, 1.807) is 14.2 Å². The zero-order chi connectivity index (χ0) is 18.0. The van der Waals surface area contributed by atoms with Gasteiger partial charge in [0, 0.05) is 25.2 Å². The van der Waals surface area contributed by atoms with Crippen LogP contribution < -0.4 is 14.8 Å². The maximum Gasteiger partial charge on any atom is 0.268 e. The van der Waals surface area contributed by atoms with Crippen LogP contribution in [-0.4, -0.2) is 41.0 Å². The Morgan fingerprint density at radius 1 is 1.20 bits per heavy atom. The lowest BCUT2D eigenvalue weighted by Crippen LogP contribution is -2.28. The number of hydrogen-bond donors (Lipinski definition) is 1. The molecule has 1 amide bonds. The summed E-state index contributed by atoms with van der Waals surface area (Å²) >= 11 is 0. The maximum atomic E-state index is 12.6. The predicted molar refractivity (Wildman–Crippen MR) is 95.3 cm³/mol. The van der Waals surface area contributed by atoms with E-state index in [2.05, 4.69) is 10.4 Å². The molecule has 132 valence electrons. The van der Waals surface area contributed by atoms with E-state index in [0.29, 0.717) is 30.3 Å². The molecule has 0 saturated carbocycles. The highest BCUT2D eigenvalue weighted by Gasteiger charge is 2.18. The molecule has 0 aliphatic carbocycles. The standard InChI is InChI=1S/C18H22N4O3/c1-12-7-9-22(20-12)10-8-19-18(23)14-11-13-15(24-3)5-6-16(25-4)17(13)21(14)2/h5-7,9,11H,8,10H2,1-4H3,(H,19,23). The Balaban J connectivity index is 1.82. The van der Waals surface area contributed by atoms with Gasteiger partial charge < -0.3 is 19.4 Å². The molecule has 0 spiro atoms. The van der Waals surface area contributed by atoms with E-state index in [4.69, 9.17) is 9.47 Å². The van der Waals surface area contributed by atoms with Crippen LogP contribution in [0.5, 0.6) is 11.5 Å². The molecular formula is C18H22N4O3. The lowest BCUT2D eigenvalue weighted by atomic mass is 10.2. The number of ether oxygens (including phenoxy) is 2. The minimum atomic E-state index is -0.147. The van der Waals surface area contributed by atoms with Crippen molar-refractivity contribution in [2.24, 2.45) is 7.05 Å². The van der Waals surface area contributed by atoms with Gasteiger partial charge in [-0.05, 0) is 31.2 Å². The van der Waals surface area contributed by atoms with Gasteiger partial charge >= 0.3 is 0 Å². The SMILES string of the molecule is COc1ccc(OC)c2c1cc(C(=O)NCCn1ccc(C)n1)n2C. The van der Waals surface area contributed by atoms with Gasteiger partial charge in [0.25, 0.3) is 5.91 Å². The number of aromatic nitrogens is 3. The summed E-state index contributed by atoms with van der Waals surface area (Å²) in [5.41, 5.74) is 2.34. The molecule has 2 heterocycles. The van der Waals surface area contributed by atoms with Crippen molar-refractivity contribution in [3.63, 3.8) is 0 Å². The molecule has 0 aliphatic heterocycles. The predicted octanol–water partition coefficient (Wildman–Crippen LogP) is 2.13. The maximum absolute atomic E-state index is 12.6. The van der Waals surface area contributed by atoms with Gasteiger partial charge in [-0.15, -0.1) is 0 Å². The molecule has 7 nitrogen and oxygen atoms in total. The number of rotatable bonds is 6. The van der Waals surface area contributed by atoms with Crippen molar-refractivity contribution in [2.75, 3.05) is 20.8 Å². The van der Waals surface area contributed by atoms with Crippen LogP contribution in [-0.2, 0) is 13.6 Å². The van der Waals surface area contributed by atoms with Crippen LogP contribution in [0, 0.1) is 6.92 Å². The van der Waals surface area contributed by atoms with Crippen molar-refractivity contribution in [1.29, 1.82) is 0 Å². The molecule has 3 rings (SSSR count). The molecule has 0 unspecified atom stereocenters. The Labute approximate surface area is 146 Å². The second kappa shape index (κ2) is 6.88. The van der Waals surface area contributed by atoms with E-state index >= 15 is 0 Å². The monoisotopic (exact) mass is 342 g/mol. The van der Waals surface area contributed by atoms with Crippen LogP contribution >= 0.6 is 0 Å². The molecule has 1 aromatic carbocycles. The van der Waals surface area contributed by atoms with Gasteiger partial charge in [-0.3, -0.25) is 9.48 Å². The van der Waals surface area contributed by atoms with Crippen LogP contribution in [0.4, 0.5) is 0 Å². The zero-order valence-corrected chi connectivity index (χ0v) is 14.9. The summed E-state index contributed by atoms with van der Waals surface area (Å²) in [6.07, 6.45) is 1.90. The summed E-state index contributed by atoms with van der Waals surface area (Å²) in [7, 11) is 5.07. The Kier molecular flexibility index (Phi) is 4.65. The average Bonchev–Trinajstić information content (AvgIpc) is 3.18. The van der Waals surface area contributed by atoms with Crippen molar-refractivity contribution in [1.82, 2.24) is 19.7 Å². The van der Waals surface area contributed by atoms with Gasteiger partial charge in [-0.25, -0.2) is 0 Å². The van der Waals surface area contributed by atoms with Gasteiger partial charge in [0.1, 0.15) is 17.2 Å². The van der Waals surface area contributed by atoms with Gasteiger partial charge in [0.05, 0.1) is 32.0 Å². The fraction of sp³-hybridized carbons (Fsp3) is 0.333. The molecule has 0 aliphatic rings. The van der Waals surface area contributed by atoms with Crippen molar-refractivity contribution in [3.8, 4) is 11.5 Å². The van der Waals surface area contributed by atoms with E-state index in [1.165, 1.54) is 0 Å². The topological polar surface area (TPSA) is 70.3 Å². The number of amides is 1. The van der Waals surface area contributed by atoms with E-state index in [9.17, 15) is 4.79 Å². The number of aryl methyl sites for hydroxylation is 2. The Morgan fingerprint density at radius 3 is 2.56 bits per heavy atom. The van der Waals surface area contributed by atoms with Gasteiger partial charge in [-0.2, -0.15) is 5.10 Å². The van der Waals surface area contributed by atoms with Crippen molar-refractivity contribution in [3.05, 3.63) is 41.9 Å². The molecule has 0 atom stereocenters. The first kappa shape index (κ1) is 16.9. The lowest BCUT2D eigenvalue weighted by molar-refractivity contribution is 0.0944. The highest BCUT2D eigenvalue weighted by molar-refractivity contribution is 6.02. The Bertz CT molecular complexity index is 911. The first-order valence-electron chi connectivity index (χ1n) is 8.03. The van der Waals surface area contributed by atoms with E-state index in [-0.39, 0.29) is 5.91 Å². The first-order valence-corrected chi connectivity index (χ1v) is 8.03. The normalized spacial score (nSPS) is 10.9. The van der Waals surface area contributed by atoms with E-state index in [0.717, 1.165) is 16.6 Å². The Hall–Kier alpha value is -2.96. The smallest absolute Gasteiger partial charge is 0.268 e. The van der Waals surface area contributed by atoms with Crippen LogP contribution in [0.3, 0.4) is 0 Å². The van der Waals surface area contributed by atoms with Gasteiger partial charge in [-0.1, -0.05) is 0 Å². The van der Waals surface area contributed by atoms with Crippen LogP contribution in [0.15, 0.2) is 30.5 Å². The number of carbonyl (C=O) groups excluding carboxylic acids is 1. The Morgan fingerprint density at radius 2 is 1.92 bits per heavy atom. The zero-order valence-electron chi connectivity index (χ0n) is 14.9. The van der Waals surface area contributed by atoms with E-state index < -0.39 is 0 Å². The molecule has 3 aromatic rings. The molecule has 7 heteroatoms. The third-order valence-electron chi connectivity index (χ3n) is 4.19. The highest BCUT2D eigenvalue weighted by Crippen LogP contribution is 2.35. The number of methoxy groups -OCH3 is 2. The second-order valence-electron chi connectivity index (χ2n) is 5.80. The van der Waals surface area contributed by atoms with E-state index in [1.807, 2.05) is 53.7 Å². The molecule has 0 saturated heterocycles. The number of nitrogens with zero attached hydrogens (tertiary/aromatic N) is 3. The number of fused-ring (bicyclic) bond motifs is 1. The summed E-state index contributed by atoms with van der Waals surface area (Å²) in [6, 6.07) is 7.43. The van der Waals surface area contributed by atoms with Crippen molar-refractivity contribution in [2.45, 2.75) is 13.5 Å². The quantitative estimate of drug-likeness (QED) is 0.745. The summed E-state index contributed by atoms with van der Waals surface area (Å²) in [5, 5.41) is 8.08. The van der Waals surface area contributed by atoms with Crippen LogP contribution in [0.25, 0.3) is 10.9 Å². The van der Waals surface area contributed by atoms with Crippen molar-refractivity contribution < 1.29 is 14.3 Å². The largest absolute Gasteiger partial charge is 0.496 e.